The molecule has 0 heterocycles. The van der Waals surface area contributed by atoms with Gasteiger partial charge in [-0.1, -0.05) is 141 Å². The molecule has 0 saturated carbocycles. The van der Waals surface area contributed by atoms with E-state index in [9.17, 15) is 0 Å². The van der Waals surface area contributed by atoms with Gasteiger partial charge in [-0.3, -0.25) is 0 Å². The molecule has 0 aromatic heterocycles. The number of benzene rings is 5. The van der Waals surface area contributed by atoms with Crippen LogP contribution in [0.2, 0.25) is 13.1 Å². The summed E-state index contributed by atoms with van der Waals surface area (Å²) in [5.74, 6) is 0.799. The number of halogens is 2. The van der Waals surface area contributed by atoms with Gasteiger partial charge in [0.15, 0.2) is 0 Å². The first kappa shape index (κ1) is 34.1. The van der Waals surface area contributed by atoms with Crippen molar-refractivity contribution in [2.24, 2.45) is 5.92 Å². The van der Waals surface area contributed by atoms with Crippen molar-refractivity contribution >= 4 is 47.9 Å². The molecule has 0 aliphatic heterocycles. The molecule has 7 rings (SSSR count). The fourth-order valence-electron chi connectivity index (χ4n) is 6.38. The number of allylic oxidation sites excluding steroid dienone is 1. The van der Waals surface area contributed by atoms with Gasteiger partial charge in [-0.15, -0.1) is 33.7 Å². The summed E-state index contributed by atoms with van der Waals surface area (Å²) in [5.41, 5.74) is 8.47. The SMILES string of the molecule is CCC(C)C1=Cc2c(-c3cccc4ccccc34)cccc2C1c1cccc2c1[cH-]c1ccccc12.C[Si]C.[Cl-].[Cl-].[Zr+3]. The van der Waals surface area contributed by atoms with Gasteiger partial charge in [-0.25, -0.2) is 0 Å². The molecule has 6 aromatic carbocycles. The van der Waals surface area contributed by atoms with E-state index < -0.39 is 0 Å². The molecule has 209 valence electrons. The Hall–Kier alpha value is -2.35. The van der Waals surface area contributed by atoms with Gasteiger partial charge >= 0.3 is 26.2 Å². The summed E-state index contributed by atoms with van der Waals surface area (Å²) in [6, 6.07) is 40.5. The summed E-state index contributed by atoms with van der Waals surface area (Å²) < 4.78 is 0. The van der Waals surface area contributed by atoms with Gasteiger partial charge in [-0.05, 0) is 45.4 Å². The molecule has 0 spiro atoms. The van der Waals surface area contributed by atoms with E-state index in [-0.39, 0.29) is 56.9 Å². The Morgan fingerprint density at radius 1 is 0.690 bits per heavy atom. The molecule has 3 radical (unpaired) electrons. The fraction of sp³-hybridized carbons (Fsp3) is 0.184. The second-order valence-corrected chi connectivity index (χ2v) is 11.8. The molecule has 2 atom stereocenters. The van der Waals surface area contributed by atoms with Gasteiger partial charge < -0.3 is 24.8 Å². The van der Waals surface area contributed by atoms with Crippen LogP contribution in [0.1, 0.15) is 42.9 Å². The molecule has 2 unspecified atom stereocenters. The van der Waals surface area contributed by atoms with E-state index in [1.165, 1.54) is 65.7 Å². The topological polar surface area (TPSA) is 0 Å². The van der Waals surface area contributed by atoms with Crippen molar-refractivity contribution in [3.05, 3.63) is 131 Å². The molecular formula is C38H35Cl2SiZr. The average Bonchev–Trinajstić information content (AvgIpc) is 3.56. The van der Waals surface area contributed by atoms with Gasteiger partial charge in [-0.2, -0.15) is 0 Å². The predicted molar refractivity (Wildman–Crippen MR) is 173 cm³/mol. The Kier molecular flexibility index (Phi) is 12.1. The molecule has 1 aliphatic rings. The van der Waals surface area contributed by atoms with Crippen LogP contribution in [0.4, 0.5) is 0 Å². The summed E-state index contributed by atoms with van der Waals surface area (Å²) in [4.78, 5) is 0. The van der Waals surface area contributed by atoms with Gasteiger partial charge in [0.2, 0.25) is 0 Å². The smallest absolute Gasteiger partial charge is 1.00 e. The first-order valence-electron chi connectivity index (χ1n) is 14.1. The number of hydrogen-bond donors (Lipinski definition) is 0. The van der Waals surface area contributed by atoms with E-state index in [2.05, 4.69) is 142 Å². The molecule has 42 heavy (non-hydrogen) atoms. The Labute approximate surface area is 284 Å². The van der Waals surface area contributed by atoms with Gasteiger partial charge in [0, 0.05) is 15.4 Å². The van der Waals surface area contributed by atoms with Crippen molar-refractivity contribution < 1.29 is 51.0 Å². The van der Waals surface area contributed by atoms with Gasteiger partial charge in [0.1, 0.15) is 0 Å². The van der Waals surface area contributed by atoms with Gasteiger partial charge in [0.25, 0.3) is 0 Å². The van der Waals surface area contributed by atoms with Crippen LogP contribution in [-0.2, 0) is 26.2 Å². The molecule has 1 aliphatic carbocycles. The fourth-order valence-corrected chi connectivity index (χ4v) is 6.38. The maximum Gasteiger partial charge on any atom is 3.00 e. The summed E-state index contributed by atoms with van der Waals surface area (Å²) in [7, 11) is 1.08. The monoisotopic (exact) mass is 679 g/mol. The molecule has 0 saturated heterocycles. The number of rotatable bonds is 4. The quantitative estimate of drug-likeness (QED) is 0.184. The summed E-state index contributed by atoms with van der Waals surface area (Å²) in [6.45, 7) is 9.01. The first-order valence-corrected chi connectivity index (χ1v) is 16.1. The summed E-state index contributed by atoms with van der Waals surface area (Å²) >= 11 is 0. The molecule has 0 bridgehead atoms. The van der Waals surface area contributed by atoms with Crippen LogP contribution in [0.15, 0.2) is 115 Å². The predicted octanol–water partition coefficient (Wildman–Crippen LogP) is 4.90. The van der Waals surface area contributed by atoms with Crippen molar-refractivity contribution in [2.75, 3.05) is 0 Å². The third kappa shape index (κ3) is 6.02. The van der Waals surface area contributed by atoms with Crippen LogP contribution in [0.3, 0.4) is 0 Å². The van der Waals surface area contributed by atoms with Crippen LogP contribution in [-0.4, -0.2) is 9.52 Å². The standard InChI is InChI=1S/C36H29.C2H6Si.2ClH.Zr/c1-3-23(2)33-22-35-30(28-16-8-13-24-11-4-6-14-26(24)28)18-10-20-32(35)36(33)31-19-9-17-29-27-15-7-5-12-25(27)21-34(29)31;1-3-2;;;/h4-23,36H,3H2,1-2H3;1-2H3;2*1H;/q-1;;;;+3/p-2. The van der Waals surface area contributed by atoms with Crippen molar-refractivity contribution in [2.45, 2.75) is 39.3 Å². The minimum Gasteiger partial charge on any atom is -1.00 e. The summed E-state index contributed by atoms with van der Waals surface area (Å²) in [6.07, 6.45) is 3.66. The minimum atomic E-state index is 0. The molecular weight excluding hydrogens is 647 g/mol. The average molecular weight is 682 g/mol. The maximum absolute atomic E-state index is 2.52. The van der Waals surface area contributed by atoms with E-state index in [0.29, 0.717) is 5.92 Å². The van der Waals surface area contributed by atoms with E-state index >= 15 is 0 Å². The molecule has 0 fully saturated rings. The Balaban J connectivity index is 0.000000776. The van der Waals surface area contributed by atoms with Crippen LogP contribution in [0.25, 0.3) is 49.5 Å². The number of fused-ring (bicyclic) bond motifs is 5. The molecule has 6 aromatic rings. The minimum absolute atomic E-state index is 0. The van der Waals surface area contributed by atoms with Crippen molar-refractivity contribution in [1.29, 1.82) is 0 Å². The third-order valence-electron chi connectivity index (χ3n) is 8.36. The van der Waals surface area contributed by atoms with Crippen molar-refractivity contribution in [1.82, 2.24) is 0 Å². The second-order valence-electron chi connectivity index (χ2n) is 10.8. The first-order chi connectivity index (χ1) is 19.2. The van der Waals surface area contributed by atoms with Crippen LogP contribution in [0.5, 0.6) is 0 Å². The van der Waals surface area contributed by atoms with E-state index in [4.69, 9.17) is 0 Å². The molecule has 0 amide bonds. The zero-order chi connectivity index (χ0) is 26.9. The van der Waals surface area contributed by atoms with Crippen LogP contribution >= 0.6 is 0 Å². The zero-order valence-electron chi connectivity index (χ0n) is 24.6. The Morgan fingerprint density at radius 2 is 1.26 bits per heavy atom. The summed E-state index contributed by atoms with van der Waals surface area (Å²) in [5, 5.41) is 8.05. The van der Waals surface area contributed by atoms with E-state index in [1.54, 1.807) is 0 Å². The van der Waals surface area contributed by atoms with Crippen LogP contribution in [0, 0.1) is 5.92 Å². The molecule has 4 heteroatoms. The normalized spacial score (nSPS) is 14.1. The Morgan fingerprint density at radius 3 is 2.02 bits per heavy atom. The largest absolute Gasteiger partial charge is 3.00 e. The van der Waals surface area contributed by atoms with E-state index in [0.717, 1.165) is 15.9 Å². The van der Waals surface area contributed by atoms with E-state index in [1.807, 2.05) is 0 Å². The maximum atomic E-state index is 2.52. The third-order valence-corrected chi connectivity index (χ3v) is 8.36. The molecule has 0 nitrogen and oxygen atoms in total. The second kappa shape index (κ2) is 14.9. The van der Waals surface area contributed by atoms with Crippen molar-refractivity contribution in [3.8, 4) is 11.1 Å². The van der Waals surface area contributed by atoms with Gasteiger partial charge in [0.05, 0.1) is 0 Å². The Bertz CT molecular complexity index is 1830. The zero-order valence-corrected chi connectivity index (χ0v) is 29.6. The molecule has 0 N–H and O–H groups in total. The number of hydrogen-bond acceptors (Lipinski definition) is 0. The van der Waals surface area contributed by atoms with Crippen LogP contribution < -0.4 is 24.8 Å². The van der Waals surface area contributed by atoms with Crippen molar-refractivity contribution in [3.63, 3.8) is 0 Å².